The number of hydrogen-bond donors (Lipinski definition) is 2. The second kappa shape index (κ2) is 7.20. The Balaban J connectivity index is 2.09. The Labute approximate surface area is 146 Å². The summed E-state index contributed by atoms with van der Waals surface area (Å²) in [5.41, 5.74) is 3.57. The molecule has 0 bridgehead atoms. The number of nitrogens with zero attached hydrogens (tertiary/aromatic N) is 1. The predicted octanol–water partition coefficient (Wildman–Crippen LogP) is 4.44. The Hall–Kier alpha value is -1.18. The van der Waals surface area contributed by atoms with Gasteiger partial charge < -0.3 is 5.11 Å². The monoisotopic (exact) mass is 474 g/mol. The number of rotatable bonds is 3. The van der Waals surface area contributed by atoms with Gasteiger partial charge in [-0.2, -0.15) is 5.10 Å². The number of hydrazone groups is 1. The van der Waals surface area contributed by atoms with Gasteiger partial charge in [0.1, 0.15) is 5.75 Å². The molecule has 2 aromatic rings. The molecular weight excluding hydrogens is 468 g/mol. The molecule has 2 rings (SSSR count). The van der Waals surface area contributed by atoms with Gasteiger partial charge in [0.2, 0.25) is 0 Å². The van der Waals surface area contributed by atoms with Crippen molar-refractivity contribution in [1.82, 2.24) is 5.43 Å². The highest BCUT2D eigenvalue weighted by Crippen LogP contribution is 2.29. The topological polar surface area (TPSA) is 61.7 Å². The van der Waals surface area contributed by atoms with Crippen molar-refractivity contribution in [3.05, 3.63) is 60.9 Å². The van der Waals surface area contributed by atoms with E-state index in [2.05, 4.69) is 58.3 Å². The number of hydrogen-bond acceptors (Lipinski definition) is 3. The number of halogens is 3. The van der Waals surface area contributed by atoms with Crippen LogP contribution in [0.25, 0.3) is 0 Å². The summed E-state index contributed by atoms with van der Waals surface area (Å²) in [5.74, 6) is -0.219. The van der Waals surface area contributed by atoms with Crippen molar-refractivity contribution in [2.45, 2.75) is 0 Å². The van der Waals surface area contributed by atoms with Crippen molar-refractivity contribution >= 4 is 59.9 Å². The number of carbonyl (C=O) groups is 1. The third kappa shape index (κ3) is 4.39. The van der Waals surface area contributed by atoms with E-state index in [1.54, 1.807) is 24.3 Å². The van der Waals surface area contributed by atoms with Gasteiger partial charge in [-0.1, -0.05) is 37.9 Å². The van der Waals surface area contributed by atoms with Crippen molar-refractivity contribution in [1.29, 1.82) is 0 Å². The molecule has 2 aromatic carbocycles. The summed E-state index contributed by atoms with van der Waals surface area (Å²) in [6.07, 6.45) is 1.45. The first kappa shape index (κ1) is 16.2. The van der Waals surface area contributed by atoms with E-state index in [1.165, 1.54) is 12.3 Å². The maximum atomic E-state index is 11.9. The largest absolute Gasteiger partial charge is 0.507 e. The van der Waals surface area contributed by atoms with Crippen molar-refractivity contribution in [2.24, 2.45) is 5.10 Å². The number of nitrogens with one attached hydrogen (secondary N) is 1. The Morgan fingerprint density at radius 1 is 1.14 bits per heavy atom. The molecule has 0 aliphatic heterocycles. The van der Waals surface area contributed by atoms with Crippen LogP contribution in [0.5, 0.6) is 5.75 Å². The van der Waals surface area contributed by atoms with Gasteiger partial charge in [-0.05, 0) is 46.3 Å². The van der Waals surface area contributed by atoms with Crippen LogP contribution in [-0.2, 0) is 0 Å². The van der Waals surface area contributed by atoms with E-state index < -0.39 is 0 Å². The molecule has 0 spiro atoms. The number of carbonyl (C=O) groups excluding carboxylic acids is 1. The normalized spacial score (nSPS) is 10.8. The molecule has 1 amide bonds. The van der Waals surface area contributed by atoms with Gasteiger partial charge >= 0.3 is 0 Å². The highest BCUT2D eigenvalue weighted by Gasteiger charge is 2.06. The predicted molar refractivity (Wildman–Crippen MR) is 92.7 cm³/mol. The number of phenolic OH excluding ortho intramolecular Hbond substituents is 1. The first-order valence-electron chi connectivity index (χ1n) is 5.74. The summed E-state index contributed by atoms with van der Waals surface area (Å²) in [5, 5.41) is 13.5. The lowest BCUT2D eigenvalue weighted by Gasteiger charge is -2.03. The second-order valence-corrected chi connectivity index (χ2v) is 6.66. The smallest absolute Gasteiger partial charge is 0.271 e. The molecule has 0 saturated heterocycles. The molecule has 0 heterocycles. The van der Waals surface area contributed by atoms with Crippen LogP contribution in [0.4, 0.5) is 0 Å². The summed E-state index contributed by atoms with van der Waals surface area (Å²) in [6.45, 7) is 0. The van der Waals surface area contributed by atoms with Crippen molar-refractivity contribution < 1.29 is 9.90 Å². The van der Waals surface area contributed by atoms with Crippen LogP contribution < -0.4 is 5.43 Å². The van der Waals surface area contributed by atoms with Gasteiger partial charge in [0.15, 0.2) is 0 Å². The molecule has 4 nitrogen and oxygen atoms in total. The van der Waals surface area contributed by atoms with E-state index >= 15 is 0 Å². The molecule has 0 fully saturated rings. The number of phenols is 1. The minimum atomic E-state index is -0.315. The van der Waals surface area contributed by atoms with Crippen molar-refractivity contribution in [3.63, 3.8) is 0 Å². The van der Waals surface area contributed by atoms with Crippen molar-refractivity contribution in [3.8, 4) is 5.75 Å². The molecule has 0 saturated carbocycles. The second-order valence-electron chi connectivity index (χ2n) is 4.03. The van der Waals surface area contributed by atoms with Crippen LogP contribution in [0.15, 0.2) is 54.9 Å². The van der Waals surface area contributed by atoms with Crippen LogP contribution in [0.2, 0.25) is 0 Å². The lowest BCUT2D eigenvalue weighted by molar-refractivity contribution is 0.0955. The van der Waals surface area contributed by atoms with E-state index in [4.69, 9.17) is 0 Å². The molecule has 7 heteroatoms. The van der Waals surface area contributed by atoms with E-state index in [9.17, 15) is 9.90 Å². The van der Waals surface area contributed by atoms with Gasteiger partial charge in [-0.3, -0.25) is 4.79 Å². The Kier molecular flexibility index (Phi) is 5.55. The van der Waals surface area contributed by atoms with Crippen molar-refractivity contribution in [2.75, 3.05) is 0 Å². The Morgan fingerprint density at radius 2 is 1.90 bits per heavy atom. The maximum absolute atomic E-state index is 11.9. The van der Waals surface area contributed by atoms with E-state index in [0.29, 0.717) is 15.6 Å². The molecule has 0 aliphatic carbocycles. The maximum Gasteiger partial charge on any atom is 0.271 e. The summed E-state index contributed by atoms with van der Waals surface area (Å²) in [6, 6.07) is 10.2. The van der Waals surface area contributed by atoms with Gasteiger partial charge in [0.25, 0.3) is 5.91 Å². The minimum Gasteiger partial charge on any atom is -0.507 e. The number of amides is 1. The number of aromatic hydroxyl groups is 1. The van der Waals surface area contributed by atoms with Crippen LogP contribution in [0.3, 0.4) is 0 Å². The number of benzene rings is 2. The zero-order chi connectivity index (χ0) is 15.4. The minimum absolute atomic E-state index is 0.0953. The third-order valence-corrected chi connectivity index (χ3v) is 4.34. The fraction of sp³-hybridized carbons (Fsp3) is 0. The standard InChI is InChI=1S/C14H9Br3N2O2/c15-10-3-1-2-8(4-10)14(21)19-18-7-9-5-13(20)12(17)6-11(9)16/h1-7,20H,(H,19,21)/b18-7+. The first-order valence-corrected chi connectivity index (χ1v) is 8.12. The Morgan fingerprint density at radius 3 is 2.62 bits per heavy atom. The van der Waals surface area contributed by atoms with Gasteiger partial charge in [0, 0.05) is 20.1 Å². The van der Waals surface area contributed by atoms with E-state index in [-0.39, 0.29) is 11.7 Å². The third-order valence-electron chi connectivity index (χ3n) is 2.52. The van der Waals surface area contributed by atoms with Crippen LogP contribution in [0.1, 0.15) is 15.9 Å². The highest BCUT2D eigenvalue weighted by molar-refractivity contribution is 9.11. The SMILES string of the molecule is O=C(N/N=C/c1cc(O)c(Br)cc1Br)c1cccc(Br)c1. The molecule has 21 heavy (non-hydrogen) atoms. The summed E-state index contributed by atoms with van der Waals surface area (Å²) in [7, 11) is 0. The van der Waals surface area contributed by atoms with Crippen LogP contribution in [-0.4, -0.2) is 17.2 Å². The fourth-order valence-electron chi connectivity index (χ4n) is 1.51. The molecule has 108 valence electrons. The zero-order valence-corrected chi connectivity index (χ0v) is 15.2. The van der Waals surface area contributed by atoms with Gasteiger partial charge in [-0.15, -0.1) is 0 Å². The fourth-order valence-corrected chi connectivity index (χ4v) is 3.00. The molecular formula is C14H9Br3N2O2. The molecule has 2 N–H and O–H groups in total. The van der Waals surface area contributed by atoms with E-state index in [0.717, 1.165) is 8.95 Å². The van der Waals surface area contributed by atoms with E-state index in [1.807, 2.05) is 6.07 Å². The van der Waals surface area contributed by atoms with Gasteiger partial charge in [-0.25, -0.2) is 5.43 Å². The van der Waals surface area contributed by atoms with Gasteiger partial charge in [0.05, 0.1) is 10.7 Å². The summed E-state index contributed by atoms with van der Waals surface area (Å²) < 4.78 is 2.14. The van der Waals surface area contributed by atoms with Crippen LogP contribution in [0, 0.1) is 0 Å². The molecule has 0 aromatic heterocycles. The first-order chi connectivity index (χ1) is 9.97. The Bertz CT molecular complexity index is 717. The molecule has 0 atom stereocenters. The average molecular weight is 477 g/mol. The lowest BCUT2D eigenvalue weighted by Crippen LogP contribution is -2.17. The summed E-state index contributed by atoms with van der Waals surface area (Å²) >= 11 is 9.86. The molecule has 0 radical (unpaired) electrons. The highest BCUT2D eigenvalue weighted by atomic mass is 79.9. The average Bonchev–Trinajstić information content (AvgIpc) is 2.44. The zero-order valence-electron chi connectivity index (χ0n) is 10.5. The molecule has 0 aliphatic rings. The van der Waals surface area contributed by atoms with Crippen LogP contribution >= 0.6 is 47.8 Å². The quantitative estimate of drug-likeness (QED) is 0.508. The lowest BCUT2D eigenvalue weighted by atomic mass is 10.2. The summed E-state index contributed by atoms with van der Waals surface area (Å²) in [4.78, 5) is 11.9. The molecule has 0 unspecified atom stereocenters.